The first kappa shape index (κ1) is 22.2. The normalized spacial score (nSPS) is 32.2. The fourth-order valence-electron chi connectivity index (χ4n) is 4.25. The van der Waals surface area contributed by atoms with Gasteiger partial charge in [-0.25, -0.2) is 4.79 Å². The maximum Gasteiger partial charge on any atom is 0.339 e. The van der Waals surface area contributed by atoms with Crippen molar-refractivity contribution in [3.8, 4) is 11.5 Å². The van der Waals surface area contributed by atoms with Crippen molar-refractivity contribution in [3.63, 3.8) is 0 Å². The van der Waals surface area contributed by atoms with Crippen molar-refractivity contribution in [2.75, 3.05) is 12.9 Å². The first-order chi connectivity index (χ1) is 14.1. The van der Waals surface area contributed by atoms with Crippen molar-refractivity contribution >= 4 is 28.5 Å². The fraction of sp³-hybridized carbons (Fsp3) is 0.550. The van der Waals surface area contributed by atoms with Gasteiger partial charge in [-0.3, -0.25) is 13.8 Å². The van der Waals surface area contributed by atoms with E-state index in [0.29, 0.717) is 12.8 Å². The van der Waals surface area contributed by atoms with E-state index in [4.69, 9.17) is 4.74 Å². The summed E-state index contributed by atoms with van der Waals surface area (Å²) in [6.45, 7) is 1.70. The number of carbonyl (C=O) groups excluding carboxylic acids is 3. The van der Waals surface area contributed by atoms with Crippen LogP contribution in [-0.2, 0) is 36.3 Å². The number of cyclic esters (lactones) is 1. The summed E-state index contributed by atoms with van der Waals surface area (Å²) in [7, 11) is -0.657. The predicted octanol–water partition coefficient (Wildman–Crippen LogP) is 0.590. The maximum absolute atomic E-state index is 13.5. The third kappa shape index (κ3) is 3.93. The number of ketones is 1. The van der Waals surface area contributed by atoms with Gasteiger partial charge in [0.05, 0.1) is 36.9 Å². The van der Waals surface area contributed by atoms with Crippen molar-refractivity contribution in [3.05, 3.63) is 23.3 Å². The SMILES string of the molecule is COC(=O)[C@]1(O)C[S@@](=O)[C@@H]2CCC[C@H](C)OC(=O)Cc3cc(O)cc(O)c3C(=O)[C@H]21. The van der Waals surface area contributed by atoms with Gasteiger partial charge in [-0.05, 0) is 37.8 Å². The van der Waals surface area contributed by atoms with E-state index in [-0.39, 0.29) is 23.3 Å². The second-order valence-corrected chi connectivity index (χ2v) is 9.38. The number of methoxy groups -OCH3 is 1. The number of hydrogen-bond acceptors (Lipinski definition) is 9. The number of esters is 2. The minimum atomic E-state index is -2.33. The van der Waals surface area contributed by atoms with Crippen LogP contribution >= 0.6 is 0 Å². The molecule has 0 radical (unpaired) electrons. The highest BCUT2D eigenvalue weighted by Gasteiger charge is 2.60. The number of phenols is 2. The molecule has 5 atom stereocenters. The minimum Gasteiger partial charge on any atom is -0.508 e. The van der Waals surface area contributed by atoms with Crippen LogP contribution in [0.2, 0.25) is 0 Å². The molecular formula is C20H24O9S. The van der Waals surface area contributed by atoms with Crippen LogP contribution in [0.15, 0.2) is 12.1 Å². The van der Waals surface area contributed by atoms with Crippen LogP contribution in [-0.4, -0.2) is 67.1 Å². The zero-order valence-electron chi connectivity index (χ0n) is 16.6. The topological polar surface area (TPSA) is 147 Å². The summed E-state index contributed by atoms with van der Waals surface area (Å²) in [6, 6.07) is 2.07. The second-order valence-electron chi connectivity index (χ2n) is 7.73. The summed E-state index contributed by atoms with van der Waals surface area (Å²) in [5.41, 5.74) is -2.67. The Morgan fingerprint density at radius 2 is 1.97 bits per heavy atom. The number of aromatic hydroxyl groups is 2. The number of phenolic OH excluding ortho intramolecular Hbond substituents is 2. The number of Topliss-reactive ketones (excluding diaryl/α,β-unsaturated/α-hetero) is 1. The molecule has 1 aromatic rings. The average molecular weight is 440 g/mol. The molecule has 0 amide bonds. The standard InChI is InChI=1S/C20H24O9S/c1-10-4-3-5-14-17(20(26,9-30(14)27)19(25)28-2)18(24)16-11(7-15(23)29-10)6-12(21)8-13(16)22/h6,8,10,14,17,21-22,26H,3-5,7,9H2,1-2H3/t10-,14+,17-,20-,30+/m0/s1. The molecule has 0 aromatic heterocycles. The second kappa shape index (κ2) is 8.35. The number of rotatable bonds is 1. The molecule has 0 aliphatic carbocycles. The molecule has 3 rings (SSSR count). The Morgan fingerprint density at radius 3 is 2.63 bits per heavy atom. The van der Waals surface area contributed by atoms with Crippen molar-refractivity contribution < 1.29 is 43.4 Å². The van der Waals surface area contributed by atoms with Gasteiger partial charge in [0.25, 0.3) is 0 Å². The molecule has 2 heterocycles. The van der Waals surface area contributed by atoms with E-state index in [1.54, 1.807) is 6.92 Å². The Morgan fingerprint density at radius 1 is 1.27 bits per heavy atom. The number of aliphatic hydroxyl groups is 1. The predicted molar refractivity (Wildman–Crippen MR) is 104 cm³/mol. The van der Waals surface area contributed by atoms with Crippen molar-refractivity contribution in [1.82, 2.24) is 0 Å². The molecule has 2 aliphatic heterocycles. The quantitative estimate of drug-likeness (QED) is 0.534. The van der Waals surface area contributed by atoms with E-state index < -0.39 is 69.3 Å². The minimum absolute atomic E-state index is 0.0149. The van der Waals surface area contributed by atoms with Crippen LogP contribution < -0.4 is 0 Å². The average Bonchev–Trinajstić information content (AvgIpc) is 2.90. The molecule has 3 N–H and O–H groups in total. The molecule has 10 heteroatoms. The molecule has 1 fully saturated rings. The molecule has 2 aliphatic rings. The van der Waals surface area contributed by atoms with E-state index in [1.165, 1.54) is 0 Å². The van der Waals surface area contributed by atoms with E-state index in [1.807, 2.05) is 0 Å². The fourth-order valence-corrected chi connectivity index (χ4v) is 6.28. The Kier molecular flexibility index (Phi) is 6.19. The van der Waals surface area contributed by atoms with Gasteiger partial charge in [0, 0.05) is 22.1 Å². The monoisotopic (exact) mass is 440 g/mol. The van der Waals surface area contributed by atoms with Gasteiger partial charge in [0.1, 0.15) is 11.5 Å². The third-order valence-electron chi connectivity index (χ3n) is 5.60. The van der Waals surface area contributed by atoms with Crippen molar-refractivity contribution in [1.29, 1.82) is 0 Å². The molecule has 0 bridgehead atoms. The lowest BCUT2D eigenvalue weighted by Crippen LogP contribution is -2.51. The lowest BCUT2D eigenvalue weighted by molar-refractivity contribution is -0.163. The number of hydrogen-bond donors (Lipinski definition) is 3. The summed E-state index contributed by atoms with van der Waals surface area (Å²) in [5, 5.41) is 30.4. The number of benzene rings is 1. The smallest absolute Gasteiger partial charge is 0.339 e. The van der Waals surface area contributed by atoms with E-state index in [9.17, 15) is 33.9 Å². The summed E-state index contributed by atoms with van der Waals surface area (Å²) < 4.78 is 22.8. The van der Waals surface area contributed by atoms with E-state index >= 15 is 0 Å². The highest BCUT2D eigenvalue weighted by Crippen LogP contribution is 2.42. The number of fused-ring (bicyclic) bond motifs is 2. The van der Waals surface area contributed by atoms with Gasteiger partial charge >= 0.3 is 11.9 Å². The lowest BCUT2D eigenvalue weighted by atomic mass is 9.78. The summed E-state index contributed by atoms with van der Waals surface area (Å²) in [5.74, 6) is -5.48. The lowest BCUT2D eigenvalue weighted by Gasteiger charge is -2.29. The first-order valence-corrected chi connectivity index (χ1v) is 10.9. The van der Waals surface area contributed by atoms with E-state index in [0.717, 1.165) is 19.2 Å². The third-order valence-corrected chi connectivity index (χ3v) is 7.51. The molecule has 0 saturated carbocycles. The van der Waals surface area contributed by atoms with Gasteiger partial charge in [-0.15, -0.1) is 0 Å². The van der Waals surface area contributed by atoms with Gasteiger partial charge in [-0.1, -0.05) is 0 Å². The molecule has 1 aromatic carbocycles. The Bertz CT molecular complexity index is 912. The Hall–Kier alpha value is -2.46. The molecule has 1 saturated heterocycles. The Balaban J connectivity index is 2.19. The summed E-state index contributed by atoms with van der Waals surface area (Å²) in [6.07, 6.45) is 0.257. The van der Waals surface area contributed by atoms with Crippen LogP contribution in [0.5, 0.6) is 11.5 Å². The van der Waals surface area contributed by atoms with Crippen molar-refractivity contribution in [2.45, 2.75) is 49.6 Å². The highest BCUT2D eigenvalue weighted by molar-refractivity contribution is 7.86. The van der Waals surface area contributed by atoms with Gasteiger partial charge in [-0.2, -0.15) is 0 Å². The molecular weight excluding hydrogens is 416 g/mol. The van der Waals surface area contributed by atoms with Crippen molar-refractivity contribution in [2.24, 2.45) is 5.92 Å². The molecule has 9 nitrogen and oxygen atoms in total. The van der Waals surface area contributed by atoms with Crippen LogP contribution in [0.3, 0.4) is 0 Å². The van der Waals surface area contributed by atoms with E-state index in [2.05, 4.69) is 4.74 Å². The first-order valence-electron chi connectivity index (χ1n) is 9.55. The van der Waals surface area contributed by atoms with Gasteiger partial charge in [0.2, 0.25) is 0 Å². The Labute approximate surface area is 175 Å². The largest absolute Gasteiger partial charge is 0.508 e. The highest BCUT2D eigenvalue weighted by atomic mass is 32.2. The molecule has 0 unspecified atom stereocenters. The van der Waals surface area contributed by atoms with Gasteiger partial charge in [0.15, 0.2) is 11.4 Å². The number of carbonyl (C=O) groups is 3. The summed E-state index contributed by atoms with van der Waals surface area (Å²) >= 11 is 0. The summed E-state index contributed by atoms with van der Waals surface area (Å²) in [4.78, 5) is 38.2. The molecule has 30 heavy (non-hydrogen) atoms. The molecule has 164 valence electrons. The van der Waals surface area contributed by atoms with Gasteiger partial charge < -0.3 is 24.8 Å². The van der Waals surface area contributed by atoms with Crippen LogP contribution in [0.25, 0.3) is 0 Å². The zero-order valence-corrected chi connectivity index (χ0v) is 17.4. The molecule has 0 spiro atoms. The number of ether oxygens (including phenoxy) is 2. The maximum atomic E-state index is 13.5. The van der Waals surface area contributed by atoms with Crippen LogP contribution in [0.4, 0.5) is 0 Å². The van der Waals surface area contributed by atoms with Crippen LogP contribution in [0.1, 0.15) is 42.1 Å². The zero-order chi connectivity index (χ0) is 22.2. The van der Waals surface area contributed by atoms with Crippen LogP contribution in [0, 0.1) is 5.92 Å².